The Kier molecular flexibility index (Phi) is 3.28. The maximum atomic E-state index is 11.1. The number of methoxy groups -OCH3 is 1. The lowest BCUT2D eigenvalue weighted by Gasteiger charge is -2.04. The Labute approximate surface area is 80.9 Å². The number of esters is 1. The minimum absolute atomic E-state index is 0.231. The van der Waals surface area contributed by atoms with Crippen LogP contribution in [0.25, 0.3) is 0 Å². The normalized spacial score (nSPS) is 9.77. The van der Waals surface area contributed by atoms with Gasteiger partial charge in [0.15, 0.2) is 0 Å². The molecule has 0 heterocycles. The summed E-state index contributed by atoms with van der Waals surface area (Å²) in [5.41, 5.74) is 0.814. The van der Waals surface area contributed by atoms with E-state index in [-0.39, 0.29) is 6.61 Å². The van der Waals surface area contributed by atoms with Crippen LogP contribution < -0.4 is 0 Å². The van der Waals surface area contributed by atoms with E-state index in [9.17, 15) is 4.79 Å². The molecular formula is C9H9ClO3. The van der Waals surface area contributed by atoms with Crippen molar-refractivity contribution in [3.05, 3.63) is 34.3 Å². The van der Waals surface area contributed by atoms with Gasteiger partial charge in [-0.1, -0.05) is 11.6 Å². The second kappa shape index (κ2) is 4.25. The molecule has 0 aliphatic heterocycles. The molecule has 0 unspecified atom stereocenters. The van der Waals surface area contributed by atoms with Crippen molar-refractivity contribution in [2.24, 2.45) is 0 Å². The first-order valence-corrected chi connectivity index (χ1v) is 4.04. The van der Waals surface area contributed by atoms with Crippen LogP contribution in [0.4, 0.5) is 0 Å². The van der Waals surface area contributed by atoms with Crippen LogP contribution in [0.5, 0.6) is 0 Å². The Morgan fingerprint density at radius 1 is 1.62 bits per heavy atom. The largest absolute Gasteiger partial charge is 0.465 e. The van der Waals surface area contributed by atoms with Crippen LogP contribution in [0.3, 0.4) is 0 Å². The maximum Gasteiger partial charge on any atom is 0.338 e. The fourth-order valence-corrected chi connectivity index (χ4v) is 1.20. The summed E-state index contributed by atoms with van der Waals surface area (Å²) in [6.45, 7) is -0.231. The summed E-state index contributed by atoms with van der Waals surface area (Å²) in [4.78, 5) is 11.1. The molecule has 1 aromatic rings. The summed E-state index contributed by atoms with van der Waals surface area (Å²) in [5, 5.41) is 9.40. The fraction of sp³-hybridized carbons (Fsp3) is 0.222. The molecule has 1 N–H and O–H groups in total. The first kappa shape index (κ1) is 10.0. The van der Waals surface area contributed by atoms with Crippen LogP contribution in [0, 0.1) is 0 Å². The minimum atomic E-state index is -0.472. The molecule has 0 aliphatic carbocycles. The van der Waals surface area contributed by atoms with Crippen molar-refractivity contribution in [2.45, 2.75) is 6.61 Å². The van der Waals surface area contributed by atoms with Crippen molar-refractivity contribution in [3.63, 3.8) is 0 Å². The third kappa shape index (κ3) is 2.20. The van der Waals surface area contributed by atoms with Crippen LogP contribution in [0.15, 0.2) is 18.2 Å². The van der Waals surface area contributed by atoms with Crippen molar-refractivity contribution in [1.29, 1.82) is 0 Å². The number of hydrogen-bond acceptors (Lipinski definition) is 3. The smallest absolute Gasteiger partial charge is 0.338 e. The lowest BCUT2D eigenvalue weighted by Crippen LogP contribution is -2.05. The van der Waals surface area contributed by atoms with Gasteiger partial charge in [-0.3, -0.25) is 0 Å². The average Bonchev–Trinajstić information content (AvgIpc) is 2.16. The number of rotatable bonds is 2. The number of hydrogen-bond donors (Lipinski definition) is 1. The monoisotopic (exact) mass is 200 g/mol. The zero-order chi connectivity index (χ0) is 9.84. The van der Waals surface area contributed by atoms with Gasteiger partial charge >= 0.3 is 5.97 Å². The Morgan fingerprint density at radius 3 is 2.85 bits per heavy atom. The molecule has 0 aromatic heterocycles. The van der Waals surface area contributed by atoms with Crippen LogP contribution in [0.2, 0.25) is 5.02 Å². The lowest BCUT2D eigenvalue weighted by atomic mass is 10.1. The number of aliphatic hydroxyl groups is 1. The van der Waals surface area contributed by atoms with Gasteiger partial charge in [-0.2, -0.15) is 0 Å². The van der Waals surface area contributed by atoms with Crippen LogP contribution >= 0.6 is 11.6 Å². The Morgan fingerprint density at radius 2 is 2.31 bits per heavy atom. The number of benzene rings is 1. The maximum absolute atomic E-state index is 11.1. The second-order valence-corrected chi connectivity index (χ2v) is 2.89. The minimum Gasteiger partial charge on any atom is -0.465 e. The molecule has 70 valence electrons. The van der Waals surface area contributed by atoms with E-state index in [1.165, 1.54) is 19.2 Å². The van der Waals surface area contributed by atoms with Gasteiger partial charge < -0.3 is 9.84 Å². The van der Waals surface area contributed by atoms with Crippen molar-refractivity contribution in [1.82, 2.24) is 0 Å². The van der Waals surface area contributed by atoms with E-state index in [0.29, 0.717) is 16.1 Å². The number of ether oxygens (including phenoxy) is 1. The summed E-state index contributed by atoms with van der Waals surface area (Å²) in [7, 11) is 1.29. The molecule has 0 spiro atoms. The molecule has 0 atom stereocenters. The molecule has 13 heavy (non-hydrogen) atoms. The van der Waals surface area contributed by atoms with E-state index >= 15 is 0 Å². The predicted octanol–water partition coefficient (Wildman–Crippen LogP) is 1.62. The molecule has 1 aromatic carbocycles. The Balaban J connectivity index is 3.13. The number of carbonyl (C=O) groups excluding carboxylic acids is 1. The van der Waals surface area contributed by atoms with Gasteiger partial charge in [0.25, 0.3) is 0 Å². The molecule has 0 saturated heterocycles. The van der Waals surface area contributed by atoms with Crippen molar-refractivity contribution in [2.75, 3.05) is 7.11 Å². The number of carbonyl (C=O) groups is 1. The van der Waals surface area contributed by atoms with Gasteiger partial charge in [0.1, 0.15) is 0 Å². The molecule has 0 bridgehead atoms. The molecule has 0 fully saturated rings. The fourth-order valence-electron chi connectivity index (χ4n) is 1.00. The third-order valence-electron chi connectivity index (χ3n) is 1.64. The standard InChI is InChI=1S/C9H9ClO3/c1-13-9(12)8-3-2-7(10)4-6(8)5-11/h2-4,11H,5H2,1H3. The molecule has 0 saturated carbocycles. The lowest BCUT2D eigenvalue weighted by molar-refractivity contribution is 0.0597. The van der Waals surface area contributed by atoms with E-state index in [1.807, 2.05) is 0 Å². The van der Waals surface area contributed by atoms with Gasteiger partial charge in [0.05, 0.1) is 19.3 Å². The second-order valence-electron chi connectivity index (χ2n) is 2.45. The highest BCUT2D eigenvalue weighted by molar-refractivity contribution is 6.30. The average molecular weight is 201 g/mol. The van der Waals surface area contributed by atoms with E-state index in [2.05, 4.69) is 4.74 Å². The van der Waals surface area contributed by atoms with Crippen LogP contribution in [-0.2, 0) is 11.3 Å². The van der Waals surface area contributed by atoms with E-state index in [0.717, 1.165) is 0 Å². The Bertz CT molecular complexity index is 323. The van der Waals surface area contributed by atoms with Gasteiger partial charge in [-0.15, -0.1) is 0 Å². The number of halogens is 1. The summed E-state index contributed by atoms with van der Waals surface area (Å²) >= 11 is 5.68. The predicted molar refractivity (Wildman–Crippen MR) is 48.7 cm³/mol. The van der Waals surface area contributed by atoms with E-state index in [1.54, 1.807) is 6.07 Å². The third-order valence-corrected chi connectivity index (χ3v) is 1.88. The molecule has 1 rings (SSSR count). The first-order valence-electron chi connectivity index (χ1n) is 3.66. The van der Waals surface area contributed by atoms with Crippen molar-refractivity contribution < 1.29 is 14.6 Å². The van der Waals surface area contributed by atoms with Gasteiger partial charge in [-0.05, 0) is 23.8 Å². The van der Waals surface area contributed by atoms with Crippen molar-refractivity contribution >= 4 is 17.6 Å². The summed E-state index contributed by atoms with van der Waals surface area (Å²) in [5.74, 6) is -0.472. The Hall–Kier alpha value is -1.06. The summed E-state index contributed by atoms with van der Waals surface area (Å²) in [6.07, 6.45) is 0. The molecule has 0 radical (unpaired) electrons. The zero-order valence-corrected chi connectivity index (χ0v) is 7.84. The number of aliphatic hydroxyl groups excluding tert-OH is 1. The highest BCUT2D eigenvalue weighted by Crippen LogP contribution is 2.16. The summed E-state index contributed by atoms with van der Waals surface area (Å²) < 4.78 is 4.53. The zero-order valence-electron chi connectivity index (χ0n) is 7.08. The highest BCUT2D eigenvalue weighted by atomic mass is 35.5. The van der Waals surface area contributed by atoms with E-state index in [4.69, 9.17) is 16.7 Å². The first-order chi connectivity index (χ1) is 6.19. The molecular weight excluding hydrogens is 192 g/mol. The molecule has 3 nitrogen and oxygen atoms in total. The van der Waals surface area contributed by atoms with Crippen molar-refractivity contribution in [3.8, 4) is 0 Å². The summed E-state index contributed by atoms with van der Waals surface area (Å²) in [6, 6.07) is 4.64. The molecule has 0 aliphatic rings. The quantitative estimate of drug-likeness (QED) is 0.738. The molecule has 0 amide bonds. The highest BCUT2D eigenvalue weighted by Gasteiger charge is 2.10. The van der Waals surface area contributed by atoms with Gasteiger partial charge in [0.2, 0.25) is 0 Å². The van der Waals surface area contributed by atoms with Crippen LogP contribution in [-0.4, -0.2) is 18.2 Å². The van der Waals surface area contributed by atoms with Gasteiger partial charge in [-0.25, -0.2) is 4.79 Å². The topological polar surface area (TPSA) is 46.5 Å². The van der Waals surface area contributed by atoms with Crippen LogP contribution in [0.1, 0.15) is 15.9 Å². The van der Waals surface area contributed by atoms with E-state index < -0.39 is 5.97 Å². The molecule has 4 heteroatoms. The SMILES string of the molecule is COC(=O)c1ccc(Cl)cc1CO. The van der Waals surface area contributed by atoms with Gasteiger partial charge in [0, 0.05) is 5.02 Å².